The maximum Gasteiger partial charge on any atom is 0.230 e. The third-order valence-corrected chi connectivity index (χ3v) is 2.85. The van der Waals surface area contributed by atoms with E-state index in [4.69, 9.17) is 11.6 Å². The fourth-order valence-corrected chi connectivity index (χ4v) is 1.12. The van der Waals surface area contributed by atoms with Gasteiger partial charge < -0.3 is 5.32 Å². The molecule has 0 aliphatic carbocycles. The Labute approximate surface area is 95.6 Å². The summed E-state index contributed by atoms with van der Waals surface area (Å²) in [6.07, 6.45) is 0.812. The molecule has 0 spiro atoms. The summed E-state index contributed by atoms with van der Waals surface area (Å²) in [5, 5.41) is 3.53. The molecule has 0 atom stereocenters. The number of rotatable bonds is 3. The lowest BCUT2D eigenvalue weighted by Gasteiger charge is -2.21. The lowest BCUT2D eigenvalue weighted by Crippen LogP contribution is -2.29. The minimum Gasteiger partial charge on any atom is -0.326 e. The van der Waals surface area contributed by atoms with Crippen LogP contribution in [-0.2, 0) is 4.79 Å². The third kappa shape index (κ3) is 3.24. The van der Waals surface area contributed by atoms with E-state index in [0.29, 0.717) is 5.02 Å². The van der Waals surface area contributed by atoms with Crippen molar-refractivity contribution in [3.05, 3.63) is 29.3 Å². The van der Waals surface area contributed by atoms with E-state index in [1.54, 1.807) is 24.3 Å². The minimum absolute atomic E-state index is 0.0346. The summed E-state index contributed by atoms with van der Waals surface area (Å²) in [5.41, 5.74) is 0.450. The molecule has 0 aliphatic heterocycles. The monoisotopic (exact) mass is 225 g/mol. The predicted octanol–water partition coefficient (Wildman–Crippen LogP) is 3.71. The number of amides is 1. The molecular formula is C12H16ClNO. The van der Waals surface area contributed by atoms with Gasteiger partial charge in [0.1, 0.15) is 0 Å². The van der Waals surface area contributed by atoms with E-state index in [0.717, 1.165) is 12.1 Å². The van der Waals surface area contributed by atoms with Gasteiger partial charge in [-0.25, -0.2) is 0 Å². The summed E-state index contributed by atoms with van der Waals surface area (Å²) >= 11 is 5.75. The number of nitrogens with one attached hydrogen (secondary N) is 1. The first-order chi connectivity index (χ1) is 6.95. The van der Waals surface area contributed by atoms with E-state index >= 15 is 0 Å². The highest BCUT2D eigenvalue weighted by molar-refractivity contribution is 6.30. The van der Waals surface area contributed by atoms with Crippen LogP contribution in [0.1, 0.15) is 27.2 Å². The molecule has 0 saturated heterocycles. The normalized spacial score (nSPS) is 11.2. The topological polar surface area (TPSA) is 29.1 Å². The van der Waals surface area contributed by atoms with Crippen LogP contribution >= 0.6 is 11.6 Å². The molecule has 15 heavy (non-hydrogen) atoms. The molecule has 0 saturated carbocycles. The molecule has 2 nitrogen and oxygen atoms in total. The van der Waals surface area contributed by atoms with Crippen LogP contribution in [0.25, 0.3) is 0 Å². The average Bonchev–Trinajstić information content (AvgIpc) is 2.21. The van der Waals surface area contributed by atoms with Gasteiger partial charge in [0, 0.05) is 16.1 Å². The summed E-state index contributed by atoms with van der Waals surface area (Å²) in [4.78, 5) is 11.8. The van der Waals surface area contributed by atoms with Gasteiger partial charge in [-0.1, -0.05) is 32.4 Å². The first-order valence-electron chi connectivity index (χ1n) is 5.03. The van der Waals surface area contributed by atoms with E-state index in [2.05, 4.69) is 5.32 Å². The number of halogens is 1. The first kappa shape index (κ1) is 12.1. The fourth-order valence-electron chi connectivity index (χ4n) is 0.994. The van der Waals surface area contributed by atoms with Gasteiger partial charge in [0.05, 0.1) is 0 Å². The van der Waals surface area contributed by atoms with Gasteiger partial charge >= 0.3 is 0 Å². The Morgan fingerprint density at radius 3 is 2.33 bits per heavy atom. The SMILES string of the molecule is CCC(C)(C)C(=O)Nc1ccc(Cl)cc1. The van der Waals surface area contributed by atoms with Crippen molar-refractivity contribution in [2.75, 3.05) is 5.32 Å². The molecule has 3 heteroatoms. The van der Waals surface area contributed by atoms with Gasteiger partial charge in [0.15, 0.2) is 0 Å². The lowest BCUT2D eigenvalue weighted by atomic mass is 9.89. The molecule has 0 unspecified atom stereocenters. The van der Waals surface area contributed by atoms with Crippen LogP contribution in [0.4, 0.5) is 5.69 Å². The predicted molar refractivity (Wildman–Crippen MR) is 64.2 cm³/mol. The lowest BCUT2D eigenvalue weighted by molar-refractivity contribution is -0.124. The molecule has 82 valence electrons. The van der Waals surface area contributed by atoms with E-state index in [1.165, 1.54) is 0 Å². The number of benzene rings is 1. The zero-order chi connectivity index (χ0) is 11.5. The molecule has 0 aromatic heterocycles. The quantitative estimate of drug-likeness (QED) is 0.835. The number of hydrogen-bond acceptors (Lipinski definition) is 1. The maximum atomic E-state index is 11.8. The van der Waals surface area contributed by atoms with Crippen molar-refractivity contribution in [3.8, 4) is 0 Å². The van der Waals surface area contributed by atoms with Crippen molar-refractivity contribution >= 4 is 23.2 Å². The van der Waals surface area contributed by atoms with E-state index in [9.17, 15) is 4.79 Å². The van der Waals surface area contributed by atoms with Gasteiger partial charge in [0.2, 0.25) is 5.91 Å². The number of carbonyl (C=O) groups excluding carboxylic acids is 1. The second-order valence-electron chi connectivity index (χ2n) is 4.20. The summed E-state index contributed by atoms with van der Waals surface area (Å²) in [7, 11) is 0. The zero-order valence-corrected chi connectivity index (χ0v) is 10.1. The first-order valence-corrected chi connectivity index (χ1v) is 5.40. The van der Waals surface area contributed by atoms with E-state index in [1.807, 2.05) is 20.8 Å². The molecular weight excluding hydrogens is 210 g/mol. The Morgan fingerprint density at radius 2 is 1.87 bits per heavy atom. The molecule has 1 amide bonds. The molecule has 0 fully saturated rings. The molecule has 0 heterocycles. The maximum absolute atomic E-state index is 11.8. The van der Waals surface area contributed by atoms with E-state index < -0.39 is 0 Å². The standard InChI is InChI=1S/C12H16ClNO/c1-4-12(2,3)11(15)14-10-7-5-9(13)6-8-10/h5-8H,4H2,1-3H3,(H,14,15). The molecule has 1 aromatic rings. The smallest absolute Gasteiger partial charge is 0.230 e. The van der Waals surface area contributed by atoms with Crippen LogP contribution in [0.2, 0.25) is 5.02 Å². The van der Waals surface area contributed by atoms with Crippen LogP contribution in [0.15, 0.2) is 24.3 Å². The minimum atomic E-state index is -0.334. The van der Waals surface area contributed by atoms with Gasteiger partial charge in [-0.2, -0.15) is 0 Å². The van der Waals surface area contributed by atoms with Crippen molar-refractivity contribution in [3.63, 3.8) is 0 Å². The Balaban J connectivity index is 2.71. The van der Waals surface area contributed by atoms with Crippen LogP contribution in [-0.4, -0.2) is 5.91 Å². The van der Waals surface area contributed by atoms with Crippen LogP contribution in [0.3, 0.4) is 0 Å². The van der Waals surface area contributed by atoms with Crippen molar-refractivity contribution < 1.29 is 4.79 Å². The van der Waals surface area contributed by atoms with Gasteiger partial charge in [-0.15, -0.1) is 0 Å². The summed E-state index contributed by atoms with van der Waals surface area (Å²) in [6.45, 7) is 5.86. The fraction of sp³-hybridized carbons (Fsp3) is 0.417. The van der Waals surface area contributed by atoms with Crippen molar-refractivity contribution in [2.45, 2.75) is 27.2 Å². The Kier molecular flexibility index (Phi) is 3.75. The van der Waals surface area contributed by atoms with Crippen LogP contribution in [0, 0.1) is 5.41 Å². The second-order valence-corrected chi connectivity index (χ2v) is 4.63. The van der Waals surface area contributed by atoms with E-state index in [-0.39, 0.29) is 11.3 Å². The van der Waals surface area contributed by atoms with Gasteiger partial charge in [-0.05, 0) is 30.7 Å². The van der Waals surface area contributed by atoms with Gasteiger partial charge in [-0.3, -0.25) is 4.79 Å². The summed E-state index contributed by atoms with van der Waals surface area (Å²) in [5.74, 6) is 0.0346. The Hall–Kier alpha value is -1.02. The summed E-state index contributed by atoms with van der Waals surface area (Å²) < 4.78 is 0. The molecule has 1 aromatic carbocycles. The highest BCUT2D eigenvalue weighted by atomic mass is 35.5. The number of hydrogen-bond donors (Lipinski definition) is 1. The zero-order valence-electron chi connectivity index (χ0n) is 9.30. The highest BCUT2D eigenvalue weighted by Gasteiger charge is 2.24. The van der Waals surface area contributed by atoms with Crippen LogP contribution < -0.4 is 5.32 Å². The van der Waals surface area contributed by atoms with Gasteiger partial charge in [0.25, 0.3) is 0 Å². The third-order valence-electron chi connectivity index (χ3n) is 2.60. The molecule has 1 N–H and O–H groups in total. The highest BCUT2D eigenvalue weighted by Crippen LogP contribution is 2.22. The number of anilines is 1. The Morgan fingerprint density at radius 1 is 1.33 bits per heavy atom. The van der Waals surface area contributed by atoms with Crippen LogP contribution in [0.5, 0.6) is 0 Å². The van der Waals surface area contributed by atoms with Crippen molar-refractivity contribution in [1.82, 2.24) is 0 Å². The number of carbonyl (C=O) groups is 1. The largest absolute Gasteiger partial charge is 0.326 e. The average molecular weight is 226 g/mol. The Bertz CT molecular complexity index is 343. The molecule has 0 bridgehead atoms. The van der Waals surface area contributed by atoms with Crippen molar-refractivity contribution in [2.24, 2.45) is 5.41 Å². The summed E-state index contributed by atoms with van der Waals surface area (Å²) in [6, 6.07) is 7.12. The molecule has 0 aliphatic rings. The molecule has 1 rings (SSSR count). The second kappa shape index (κ2) is 4.67. The molecule has 0 radical (unpaired) electrons. The van der Waals surface area contributed by atoms with Crippen molar-refractivity contribution in [1.29, 1.82) is 0 Å².